The van der Waals surface area contributed by atoms with E-state index in [2.05, 4.69) is 25.8 Å². The van der Waals surface area contributed by atoms with Crippen LogP contribution in [0.3, 0.4) is 0 Å². The lowest BCUT2D eigenvalue weighted by molar-refractivity contribution is 0.737. The molecular formula is C15H18ClN5. The number of nitrogens with one attached hydrogen (secondary N) is 2. The van der Waals surface area contributed by atoms with Gasteiger partial charge in [0.05, 0.1) is 6.20 Å². The molecule has 6 heteroatoms. The Morgan fingerprint density at radius 2 is 1.90 bits per heavy atom. The summed E-state index contributed by atoms with van der Waals surface area (Å²) in [4.78, 5) is 4.45. The van der Waals surface area contributed by atoms with E-state index in [0.717, 1.165) is 16.4 Å². The summed E-state index contributed by atoms with van der Waals surface area (Å²) in [5.41, 5.74) is 1.14. The number of hydrogen-bond donors (Lipinski definition) is 2. The Labute approximate surface area is 129 Å². The van der Waals surface area contributed by atoms with Gasteiger partial charge in [0.25, 0.3) is 0 Å². The second kappa shape index (κ2) is 6.72. The highest BCUT2D eigenvalue weighted by molar-refractivity contribution is 6.30. The van der Waals surface area contributed by atoms with Gasteiger partial charge in [-0.05, 0) is 30.5 Å². The fraction of sp³-hybridized carbons (Fsp3) is 0.400. The second-order valence-electron chi connectivity index (χ2n) is 5.27. The Morgan fingerprint density at radius 1 is 1.14 bits per heavy atom. The Morgan fingerprint density at radius 3 is 2.67 bits per heavy atom. The Kier molecular flexibility index (Phi) is 4.50. The van der Waals surface area contributed by atoms with Gasteiger partial charge in [-0.25, -0.2) is 0 Å². The minimum Gasteiger partial charge on any atom is -0.365 e. The van der Waals surface area contributed by atoms with E-state index in [1.165, 1.54) is 25.7 Å². The summed E-state index contributed by atoms with van der Waals surface area (Å²) >= 11 is 5.87. The van der Waals surface area contributed by atoms with E-state index < -0.39 is 0 Å². The molecule has 0 spiro atoms. The Hall–Kier alpha value is -1.88. The van der Waals surface area contributed by atoms with Crippen LogP contribution in [0.25, 0.3) is 0 Å². The molecule has 1 aromatic heterocycles. The molecule has 2 aromatic rings. The molecule has 1 fully saturated rings. The van der Waals surface area contributed by atoms with Gasteiger partial charge in [-0.15, -0.1) is 5.10 Å². The van der Waals surface area contributed by atoms with Gasteiger partial charge in [0, 0.05) is 17.6 Å². The highest BCUT2D eigenvalue weighted by Gasteiger charge is 2.15. The fourth-order valence-corrected chi connectivity index (χ4v) is 2.62. The topological polar surface area (TPSA) is 62.7 Å². The van der Waals surface area contributed by atoms with Crippen LogP contribution < -0.4 is 10.6 Å². The number of hydrogen-bond acceptors (Lipinski definition) is 5. The van der Waals surface area contributed by atoms with Crippen molar-refractivity contribution < 1.29 is 0 Å². The van der Waals surface area contributed by atoms with Gasteiger partial charge in [0.2, 0.25) is 5.95 Å². The standard InChI is InChI=1S/C15H18ClN5/c16-12-7-5-11(6-8-12)9-17-14-10-18-21-15(20-14)19-13-3-1-2-4-13/h5-8,10,13H,1-4,9H2,(H2,17,19,20,21). The molecule has 1 saturated carbocycles. The zero-order valence-corrected chi connectivity index (χ0v) is 12.5. The summed E-state index contributed by atoms with van der Waals surface area (Å²) in [6.07, 6.45) is 6.56. The van der Waals surface area contributed by atoms with Gasteiger partial charge in [0.15, 0.2) is 5.82 Å². The fourth-order valence-electron chi connectivity index (χ4n) is 2.50. The van der Waals surface area contributed by atoms with Crippen molar-refractivity contribution in [1.29, 1.82) is 0 Å². The van der Waals surface area contributed by atoms with Crippen molar-refractivity contribution in [3.05, 3.63) is 41.0 Å². The van der Waals surface area contributed by atoms with Gasteiger partial charge < -0.3 is 10.6 Å². The number of anilines is 2. The zero-order chi connectivity index (χ0) is 14.5. The predicted molar refractivity (Wildman–Crippen MR) is 84.5 cm³/mol. The van der Waals surface area contributed by atoms with Crippen LogP contribution in [0.1, 0.15) is 31.2 Å². The number of aromatic nitrogens is 3. The van der Waals surface area contributed by atoms with Crippen LogP contribution in [0.4, 0.5) is 11.8 Å². The average molecular weight is 304 g/mol. The average Bonchev–Trinajstić information content (AvgIpc) is 3.00. The van der Waals surface area contributed by atoms with Crippen molar-refractivity contribution in [2.75, 3.05) is 10.6 Å². The lowest BCUT2D eigenvalue weighted by atomic mass is 10.2. The van der Waals surface area contributed by atoms with E-state index in [-0.39, 0.29) is 0 Å². The normalized spacial score (nSPS) is 15.1. The number of nitrogens with zero attached hydrogens (tertiary/aromatic N) is 3. The van der Waals surface area contributed by atoms with Crippen LogP contribution >= 0.6 is 11.6 Å². The summed E-state index contributed by atoms with van der Waals surface area (Å²) in [5.74, 6) is 1.32. The molecule has 0 unspecified atom stereocenters. The molecule has 1 aromatic carbocycles. The number of halogens is 1. The first-order valence-corrected chi connectivity index (χ1v) is 7.62. The van der Waals surface area contributed by atoms with Crippen molar-refractivity contribution in [3.63, 3.8) is 0 Å². The maximum atomic E-state index is 5.87. The van der Waals surface area contributed by atoms with Crippen LogP contribution in [-0.4, -0.2) is 21.2 Å². The minimum absolute atomic E-state index is 0.485. The second-order valence-corrected chi connectivity index (χ2v) is 5.71. The molecule has 1 aliphatic carbocycles. The summed E-state index contributed by atoms with van der Waals surface area (Å²) in [6, 6.07) is 8.22. The van der Waals surface area contributed by atoms with E-state index in [0.29, 0.717) is 18.5 Å². The molecule has 0 amide bonds. The van der Waals surface area contributed by atoms with Crippen molar-refractivity contribution in [2.24, 2.45) is 0 Å². The van der Waals surface area contributed by atoms with E-state index in [1.807, 2.05) is 24.3 Å². The largest absolute Gasteiger partial charge is 0.365 e. The summed E-state index contributed by atoms with van der Waals surface area (Å²) in [6.45, 7) is 0.679. The molecule has 3 rings (SSSR count). The quantitative estimate of drug-likeness (QED) is 0.885. The smallest absolute Gasteiger partial charge is 0.244 e. The molecule has 1 heterocycles. The molecule has 0 atom stereocenters. The molecule has 110 valence electrons. The molecule has 0 radical (unpaired) electrons. The monoisotopic (exact) mass is 303 g/mol. The van der Waals surface area contributed by atoms with Crippen LogP contribution in [0, 0.1) is 0 Å². The molecule has 0 saturated heterocycles. The maximum Gasteiger partial charge on any atom is 0.244 e. The number of rotatable bonds is 5. The van der Waals surface area contributed by atoms with Crippen molar-refractivity contribution in [2.45, 2.75) is 38.3 Å². The summed E-state index contributed by atoms with van der Waals surface area (Å²) in [5, 5.41) is 15.4. The van der Waals surface area contributed by atoms with Gasteiger partial charge in [0.1, 0.15) is 0 Å². The lowest BCUT2D eigenvalue weighted by Gasteiger charge is -2.12. The molecule has 5 nitrogen and oxygen atoms in total. The third-order valence-electron chi connectivity index (χ3n) is 3.63. The highest BCUT2D eigenvalue weighted by atomic mass is 35.5. The summed E-state index contributed by atoms with van der Waals surface area (Å²) < 4.78 is 0. The Balaban J connectivity index is 1.58. The first-order chi connectivity index (χ1) is 10.3. The van der Waals surface area contributed by atoms with Gasteiger partial charge in [-0.3, -0.25) is 0 Å². The van der Waals surface area contributed by atoms with Crippen molar-refractivity contribution in [1.82, 2.24) is 15.2 Å². The van der Waals surface area contributed by atoms with Gasteiger partial charge >= 0.3 is 0 Å². The van der Waals surface area contributed by atoms with Crippen molar-refractivity contribution >= 4 is 23.4 Å². The zero-order valence-electron chi connectivity index (χ0n) is 11.7. The third kappa shape index (κ3) is 4.04. The van der Waals surface area contributed by atoms with Crippen molar-refractivity contribution in [3.8, 4) is 0 Å². The summed E-state index contributed by atoms with van der Waals surface area (Å²) in [7, 11) is 0. The van der Waals surface area contributed by atoms with E-state index in [4.69, 9.17) is 11.6 Å². The first kappa shape index (κ1) is 14.1. The minimum atomic E-state index is 0.485. The van der Waals surface area contributed by atoms with Crippen LogP contribution in [0.15, 0.2) is 30.5 Å². The van der Waals surface area contributed by atoms with E-state index in [1.54, 1.807) is 6.20 Å². The van der Waals surface area contributed by atoms with Crippen LogP contribution in [0.2, 0.25) is 5.02 Å². The van der Waals surface area contributed by atoms with Crippen LogP contribution in [-0.2, 0) is 6.54 Å². The molecule has 0 bridgehead atoms. The molecule has 1 aliphatic rings. The SMILES string of the molecule is Clc1ccc(CNc2cnnc(NC3CCCC3)n2)cc1. The highest BCUT2D eigenvalue weighted by Crippen LogP contribution is 2.20. The van der Waals surface area contributed by atoms with E-state index >= 15 is 0 Å². The van der Waals surface area contributed by atoms with Gasteiger partial charge in [-0.2, -0.15) is 10.1 Å². The third-order valence-corrected chi connectivity index (χ3v) is 3.89. The molecule has 21 heavy (non-hydrogen) atoms. The van der Waals surface area contributed by atoms with Gasteiger partial charge in [-0.1, -0.05) is 36.6 Å². The first-order valence-electron chi connectivity index (χ1n) is 7.24. The molecular weight excluding hydrogens is 286 g/mol. The van der Waals surface area contributed by atoms with Crippen LogP contribution in [0.5, 0.6) is 0 Å². The maximum absolute atomic E-state index is 5.87. The van der Waals surface area contributed by atoms with E-state index in [9.17, 15) is 0 Å². The molecule has 0 aliphatic heterocycles. The predicted octanol–water partition coefficient (Wildman–Crippen LogP) is 3.49. The molecule has 2 N–H and O–H groups in total. The number of benzene rings is 1. The Bertz CT molecular complexity index is 581. The lowest BCUT2D eigenvalue weighted by Crippen LogP contribution is -2.17.